The van der Waals surface area contributed by atoms with Gasteiger partial charge in [0, 0.05) is 11.6 Å². The summed E-state index contributed by atoms with van der Waals surface area (Å²) < 4.78 is 0. The van der Waals surface area contributed by atoms with Crippen molar-refractivity contribution in [3.8, 4) is 0 Å². The van der Waals surface area contributed by atoms with Gasteiger partial charge in [-0.1, -0.05) is 54.1 Å². The van der Waals surface area contributed by atoms with Gasteiger partial charge in [0.25, 0.3) is 0 Å². The minimum Gasteiger partial charge on any atom is -0.370 e. The number of nitrogens with one attached hydrogen (secondary N) is 1. The van der Waals surface area contributed by atoms with Gasteiger partial charge in [-0.2, -0.15) is 0 Å². The first-order chi connectivity index (χ1) is 9.74. The van der Waals surface area contributed by atoms with Crippen LogP contribution in [0.2, 0.25) is 5.02 Å². The fourth-order valence-corrected chi connectivity index (χ4v) is 1.93. The summed E-state index contributed by atoms with van der Waals surface area (Å²) in [5.41, 5.74) is 8.20. The van der Waals surface area contributed by atoms with Crippen molar-refractivity contribution in [1.82, 2.24) is 5.32 Å². The molecule has 0 spiro atoms. The summed E-state index contributed by atoms with van der Waals surface area (Å²) in [6.45, 7) is 1.33. The summed E-state index contributed by atoms with van der Waals surface area (Å²) in [5.74, 6) is 0.468. The van der Waals surface area contributed by atoms with E-state index in [-0.39, 0.29) is 24.0 Å². The first-order valence-corrected chi connectivity index (χ1v) is 6.94. The van der Waals surface area contributed by atoms with Gasteiger partial charge in [-0.15, -0.1) is 24.0 Å². The van der Waals surface area contributed by atoms with E-state index in [1.54, 1.807) is 0 Å². The number of hydrogen-bond acceptors (Lipinski definition) is 1. The highest BCUT2D eigenvalue weighted by molar-refractivity contribution is 14.0. The molecular formula is C16H19ClIN3. The van der Waals surface area contributed by atoms with Crippen molar-refractivity contribution in [2.45, 2.75) is 13.0 Å². The lowest BCUT2D eigenvalue weighted by molar-refractivity contribution is 0.848. The third-order valence-electron chi connectivity index (χ3n) is 2.91. The molecule has 0 bridgehead atoms. The van der Waals surface area contributed by atoms with Gasteiger partial charge in [-0.05, 0) is 29.7 Å². The molecule has 0 unspecified atom stereocenters. The minimum absolute atomic E-state index is 0. The fraction of sp³-hybridized carbons (Fsp3) is 0.188. The normalized spacial score (nSPS) is 10.8. The zero-order valence-electron chi connectivity index (χ0n) is 11.6. The van der Waals surface area contributed by atoms with Gasteiger partial charge in [-0.3, -0.25) is 0 Å². The molecule has 112 valence electrons. The van der Waals surface area contributed by atoms with E-state index in [0.29, 0.717) is 12.5 Å². The van der Waals surface area contributed by atoms with Crippen molar-refractivity contribution in [3.05, 3.63) is 70.7 Å². The second-order valence-electron chi connectivity index (χ2n) is 4.49. The summed E-state index contributed by atoms with van der Waals surface area (Å²) in [6.07, 6.45) is 0.929. The summed E-state index contributed by atoms with van der Waals surface area (Å²) in [7, 11) is 0. The Balaban J connectivity index is 0.00000220. The Morgan fingerprint density at radius 3 is 2.33 bits per heavy atom. The Kier molecular flexibility index (Phi) is 8.15. The van der Waals surface area contributed by atoms with Crippen LogP contribution in [0, 0.1) is 0 Å². The zero-order valence-corrected chi connectivity index (χ0v) is 14.7. The monoisotopic (exact) mass is 415 g/mol. The Hall–Kier alpha value is -1.27. The molecule has 5 heteroatoms. The molecule has 0 aliphatic rings. The summed E-state index contributed by atoms with van der Waals surface area (Å²) in [5, 5.41) is 3.84. The van der Waals surface area contributed by atoms with E-state index in [1.165, 1.54) is 5.56 Å². The summed E-state index contributed by atoms with van der Waals surface area (Å²) in [6, 6.07) is 17.9. The van der Waals surface area contributed by atoms with E-state index in [0.717, 1.165) is 23.6 Å². The Morgan fingerprint density at radius 1 is 1.00 bits per heavy atom. The lowest BCUT2D eigenvalue weighted by Crippen LogP contribution is -2.33. The van der Waals surface area contributed by atoms with Crippen LogP contribution in [0.15, 0.2) is 59.6 Å². The highest BCUT2D eigenvalue weighted by atomic mass is 127. The number of rotatable bonds is 5. The highest BCUT2D eigenvalue weighted by Crippen LogP contribution is 2.09. The SMILES string of the molecule is I.NC(=NCc1ccc(Cl)cc1)NCCc1ccccc1. The summed E-state index contributed by atoms with van der Waals surface area (Å²) >= 11 is 5.83. The van der Waals surface area contributed by atoms with Crippen LogP contribution in [0.1, 0.15) is 11.1 Å². The van der Waals surface area contributed by atoms with E-state index in [1.807, 2.05) is 42.5 Å². The van der Waals surface area contributed by atoms with Gasteiger partial charge < -0.3 is 11.1 Å². The van der Waals surface area contributed by atoms with Gasteiger partial charge in [0.15, 0.2) is 5.96 Å². The molecule has 0 heterocycles. The number of halogens is 2. The molecule has 0 amide bonds. The second kappa shape index (κ2) is 9.63. The zero-order chi connectivity index (χ0) is 14.2. The minimum atomic E-state index is 0. The molecule has 0 aliphatic carbocycles. The molecule has 2 aromatic carbocycles. The van der Waals surface area contributed by atoms with Crippen molar-refractivity contribution in [3.63, 3.8) is 0 Å². The predicted molar refractivity (Wildman–Crippen MR) is 100 cm³/mol. The molecule has 2 rings (SSSR count). The van der Waals surface area contributed by atoms with Crippen LogP contribution in [0.5, 0.6) is 0 Å². The van der Waals surface area contributed by atoms with Crippen molar-refractivity contribution < 1.29 is 0 Å². The number of nitrogens with two attached hydrogens (primary N) is 1. The number of guanidine groups is 1. The van der Waals surface area contributed by atoms with Gasteiger partial charge >= 0.3 is 0 Å². The molecule has 0 atom stereocenters. The standard InChI is InChI=1S/C16H18ClN3.HI/c17-15-8-6-14(7-9-15)12-20-16(18)19-11-10-13-4-2-1-3-5-13;/h1-9H,10-12H2,(H3,18,19,20);1H. The van der Waals surface area contributed by atoms with Crippen LogP contribution >= 0.6 is 35.6 Å². The smallest absolute Gasteiger partial charge is 0.188 e. The van der Waals surface area contributed by atoms with Gasteiger partial charge in [0.05, 0.1) is 6.54 Å². The fourth-order valence-electron chi connectivity index (χ4n) is 1.80. The molecule has 2 aromatic rings. The van der Waals surface area contributed by atoms with Gasteiger partial charge in [0.1, 0.15) is 0 Å². The lowest BCUT2D eigenvalue weighted by atomic mass is 10.1. The largest absolute Gasteiger partial charge is 0.370 e. The van der Waals surface area contributed by atoms with Crippen molar-refractivity contribution in [2.24, 2.45) is 10.7 Å². The Labute approximate surface area is 147 Å². The molecule has 0 fully saturated rings. The average molecular weight is 416 g/mol. The van der Waals surface area contributed by atoms with E-state index in [9.17, 15) is 0 Å². The molecular weight excluding hydrogens is 397 g/mol. The third-order valence-corrected chi connectivity index (χ3v) is 3.16. The highest BCUT2D eigenvalue weighted by Gasteiger charge is 1.95. The van der Waals surface area contributed by atoms with Crippen molar-refractivity contribution in [1.29, 1.82) is 0 Å². The average Bonchev–Trinajstić information content (AvgIpc) is 2.48. The van der Waals surface area contributed by atoms with Gasteiger partial charge in [-0.25, -0.2) is 4.99 Å². The molecule has 21 heavy (non-hydrogen) atoms. The molecule has 3 nitrogen and oxygen atoms in total. The third kappa shape index (κ3) is 6.82. The maximum Gasteiger partial charge on any atom is 0.188 e. The molecule has 0 aromatic heterocycles. The Bertz CT molecular complexity index is 555. The van der Waals surface area contributed by atoms with Crippen LogP contribution in [0.4, 0.5) is 0 Å². The molecule has 0 saturated heterocycles. The maximum absolute atomic E-state index is 5.83. The quantitative estimate of drug-likeness (QED) is 0.445. The molecule has 0 aliphatic heterocycles. The van der Waals surface area contributed by atoms with E-state index < -0.39 is 0 Å². The van der Waals surface area contributed by atoms with E-state index in [4.69, 9.17) is 17.3 Å². The summed E-state index contributed by atoms with van der Waals surface area (Å²) in [4.78, 5) is 4.30. The van der Waals surface area contributed by atoms with Crippen LogP contribution in [-0.2, 0) is 13.0 Å². The van der Waals surface area contributed by atoms with Crippen LogP contribution in [0.3, 0.4) is 0 Å². The Morgan fingerprint density at radius 2 is 1.67 bits per heavy atom. The van der Waals surface area contributed by atoms with Crippen molar-refractivity contribution in [2.75, 3.05) is 6.54 Å². The lowest BCUT2D eigenvalue weighted by Gasteiger charge is -2.06. The van der Waals surface area contributed by atoms with E-state index >= 15 is 0 Å². The van der Waals surface area contributed by atoms with Crippen LogP contribution in [0.25, 0.3) is 0 Å². The van der Waals surface area contributed by atoms with Crippen LogP contribution in [-0.4, -0.2) is 12.5 Å². The number of aliphatic imine (C=N–C) groups is 1. The topological polar surface area (TPSA) is 50.4 Å². The first-order valence-electron chi connectivity index (χ1n) is 6.56. The maximum atomic E-state index is 5.83. The van der Waals surface area contributed by atoms with Gasteiger partial charge in [0.2, 0.25) is 0 Å². The number of nitrogens with zero attached hydrogens (tertiary/aromatic N) is 1. The first kappa shape index (κ1) is 17.8. The number of hydrogen-bond donors (Lipinski definition) is 2. The van der Waals surface area contributed by atoms with Crippen molar-refractivity contribution >= 4 is 41.5 Å². The molecule has 3 N–H and O–H groups in total. The van der Waals surface area contributed by atoms with E-state index in [2.05, 4.69) is 22.4 Å². The predicted octanol–water partition coefficient (Wildman–Crippen LogP) is 3.61. The molecule has 0 radical (unpaired) electrons. The molecule has 0 saturated carbocycles. The second-order valence-corrected chi connectivity index (χ2v) is 4.93. The van der Waals surface area contributed by atoms with Crippen LogP contribution < -0.4 is 11.1 Å². The number of benzene rings is 2.